The Morgan fingerprint density at radius 2 is 2.09 bits per heavy atom. The van der Waals surface area contributed by atoms with Crippen molar-refractivity contribution in [2.24, 2.45) is 5.92 Å². The molecule has 1 aromatic rings. The first-order valence-electron chi connectivity index (χ1n) is 7.05. The molecule has 2 rings (SSSR count). The maximum Gasteiger partial charge on any atom is 0.264 e. The van der Waals surface area contributed by atoms with E-state index in [1.165, 1.54) is 4.90 Å². The largest absolute Gasteiger partial charge is 0.477 e. The van der Waals surface area contributed by atoms with Crippen LogP contribution in [0.25, 0.3) is 0 Å². The van der Waals surface area contributed by atoms with Gasteiger partial charge in [0.25, 0.3) is 5.91 Å². The summed E-state index contributed by atoms with van der Waals surface area (Å²) < 4.78 is 32.1. The van der Waals surface area contributed by atoms with Crippen molar-refractivity contribution >= 4 is 11.8 Å². The third kappa shape index (κ3) is 3.72. The van der Waals surface area contributed by atoms with Gasteiger partial charge in [0.15, 0.2) is 17.7 Å². The highest BCUT2D eigenvalue weighted by Gasteiger charge is 2.32. The number of ether oxygens (including phenoxy) is 1. The second-order valence-corrected chi connectivity index (χ2v) is 5.47. The van der Waals surface area contributed by atoms with Crippen molar-refractivity contribution in [3.8, 4) is 5.75 Å². The lowest BCUT2D eigenvalue weighted by atomic mass is 10.1. The summed E-state index contributed by atoms with van der Waals surface area (Å²) in [6.45, 7) is 4.22. The summed E-state index contributed by atoms with van der Waals surface area (Å²) >= 11 is 0. The number of halogens is 2. The number of piperazine rings is 1. The van der Waals surface area contributed by atoms with Gasteiger partial charge in [-0.2, -0.15) is 0 Å². The molecule has 0 spiro atoms. The first kappa shape index (κ1) is 16.2. The molecular formula is C15H18F2N2O3. The molecule has 0 unspecified atom stereocenters. The lowest BCUT2D eigenvalue weighted by Gasteiger charge is -2.31. The smallest absolute Gasteiger partial charge is 0.264 e. The van der Waals surface area contributed by atoms with E-state index in [4.69, 9.17) is 4.74 Å². The van der Waals surface area contributed by atoms with E-state index in [2.05, 4.69) is 5.32 Å². The number of carbonyl (C=O) groups excluding carboxylic acids is 2. The van der Waals surface area contributed by atoms with Gasteiger partial charge in [-0.1, -0.05) is 13.8 Å². The Morgan fingerprint density at radius 3 is 2.68 bits per heavy atom. The number of amides is 2. The van der Waals surface area contributed by atoms with Crippen LogP contribution in [0, 0.1) is 17.6 Å². The van der Waals surface area contributed by atoms with Crippen LogP contribution >= 0.6 is 0 Å². The second-order valence-electron chi connectivity index (χ2n) is 5.47. The summed E-state index contributed by atoms with van der Waals surface area (Å²) in [6, 6.07) is 2.91. The summed E-state index contributed by atoms with van der Waals surface area (Å²) in [6.07, 6.45) is -0.939. The minimum Gasteiger partial charge on any atom is -0.477 e. The van der Waals surface area contributed by atoms with Crippen LogP contribution in [0.3, 0.4) is 0 Å². The summed E-state index contributed by atoms with van der Waals surface area (Å²) in [5.74, 6) is -2.62. The standard InChI is InChI=1S/C15H18F2N2O3/c1-9(2)14(15(21)19-6-5-18-13(20)8-19)22-12-4-3-10(16)7-11(12)17/h3-4,7,9,14H,5-6,8H2,1-2H3,(H,18,20)/t14-/m0/s1. The number of hydrogen-bond donors (Lipinski definition) is 1. The molecule has 1 aliphatic heterocycles. The van der Waals surface area contributed by atoms with Crippen molar-refractivity contribution in [2.45, 2.75) is 20.0 Å². The van der Waals surface area contributed by atoms with Crippen LogP contribution in [0.1, 0.15) is 13.8 Å². The lowest BCUT2D eigenvalue weighted by Crippen LogP contribution is -2.54. The number of benzene rings is 1. The van der Waals surface area contributed by atoms with Crippen molar-refractivity contribution < 1.29 is 23.1 Å². The molecular weight excluding hydrogens is 294 g/mol. The second kappa shape index (κ2) is 6.72. The van der Waals surface area contributed by atoms with Crippen molar-refractivity contribution in [3.05, 3.63) is 29.8 Å². The van der Waals surface area contributed by atoms with Crippen LogP contribution in [0.4, 0.5) is 8.78 Å². The fourth-order valence-corrected chi connectivity index (χ4v) is 2.19. The topological polar surface area (TPSA) is 58.6 Å². The summed E-state index contributed by atoms with van der Waals surface area (Å²) in [5.41, 5.74) is 0. The first-order valence-corrected chi connectivity index (χ1v) is 7.05. The number of carbonyl (C=O) groups is 2. The third-order valence-electron chi connectivity index (χ3n) is 3.35. The van der Waals surface area contributed by atoms with Gasteiger partial charge < -0.3 is 15.0 Å². The highest BCUT2D eigenvalue weighted by atomic mass is 19.1. The fraction of sp³-hybridized carbons (Fsp3) is 0.467. The lowest BCUT2D eigenvalue weighted by molar-refractivity contribution is -0.145. The van der Waals surface area contributed by atoms with Gasteiger partial charge in [-0.25, -0.2) is 8.78 Å². The predicted octanol–water partition coefficient (Wildman–Crippen LogP) is 1.33. The molecule has 5 nitrogen and oxygen atoms in total. The molecule has 1 N–H and O–H groups in total. The molecule has 7 heteroatoms. The molecule has 1 aliphatic rings. The SMILES string of the molecule is CC(C)[C@H](Oc1ccc(F)cc1F)C(=O)N1CCNC(=O)C1. The van der Waals surface area contributed by atoms with Crippen LogP contribution in [-0.4, -0.2) is 42.5 Å². The van der Waals surface area contributed by atoms with Gasteiger partial charge in [-0.3, -0.25) is 9.59 Å². The zero-order valence-electron chi connectivity index (χ0n) is 12.4. The van der Waals surface area contributed by atoms with Crippen molar-refractivity contribution in [1.29, 1.82) is 0 Å². The molecule has 1 atom stereocenters. The van der Waals surface area contributed by atoms with E-state index in [1.807, 2.05) is 0 Å². The molecule has 0 bridgehead atoms. The van der Waals surface area contributed by atoms with Crippen molar-refractivity contribution in [2.75, 3.05) is 19.6 Å². The minimum absolute atomic E-state index is 0.0443. The van der Waals surface area contributed by atoms with E-state index in [0.717, 1.165) is 12.1 Å². The molecule has 0 aromatic heterocycles. The summed E-state index contributed by atoms with van der Waals surface area (Å²) in [5, 5.41) is 2.62. The number of rotatable bonds is 4. The Morgan fingerprint density at radius 1 is 1.36 bits per heavy atom. The molecule has 1 fully saturated rings. The van der Waals surface area contributed by atoms with Gasteiger partial charge in [0.1, 0.15) is 5.82 Å². The maximum atomic E-state index is 13.7. The third-order valence-corrected chi connectivity index (χ3v) is 3.35. The van der Waals surface area contributed by atoms with Crippen LogP contribution in [-0.2, 0) is 9.59 Å². The van der Waals surface area contributed by atoms with E-state index in [1.54, 1.807) is 13.8 Å². The number of nitrogens with one attached hydrogen (secondary N) is 1. The number of hydrogen-bond acceptors (Lipinski definition) is 3. The highest BCUT2D eigenvalue weighted by molar-refractivity contribution is 5.88. The van der Waals surface area contributed by atoms with Crippen molar-refractivity contribution in [3.63, 3.8) is 0 Å². The average molecular weight is 312 g/mol. The molecule has 1 saturated heterocycles. The Bertz CT molecular complexity index is 578. The van der Waals surface area contributed by atoms with E-state index < -0.39 is 17.7 Å². The monoisotopic (exact) mass is 312 g/mol. The number of nitrogens with zero attached hydrogens (tertiary/aromatic N) is 1. The van der Waals surface area contributed by atoms with E-state index in [-0.39, 0.29) is 30.0 Å². The van der Waals surface area contributed by atoms with Gasteiger partial charge in [-0.05, 0) is 18.1 Å². The maximum absolute atomic E-state index is 13.7. The summed E-state index contributed by atoms with van der Waals surface area (Å²) in [7, 11) is 0. The van der Waals surface area contributed by atoms with Crippen LogP contribution in [0.2, 0.25) is 0 Å². The van der Waals surface area contributed by atoms with Gasteiger partial charge in [0, 0.05) is 19.2 Å². The fourth-order valence-electron chi connectivity index (χ4n) is 2.19. The zero-order valence-corrected chi connectivity index (χ0v) is 12.4. The Labute approximate surface area is 127 Å². The molecule has 0 aliphatic carbocycles. The van der Waals surface area contributed by atoms with E-state index >= 15 is 0 Å². The predicted molar refractivity (Wildman–Crippen MR) is 75.2 cm³/mol. The van der Waals surface area contributed by atoms with Gasteiger partial charge in [0.2, 0.25) is 5.91 Å². The van der Waals surface area contributed by atoms with Crippen LogP contribution in [0.15, 0.2) is 18.2 Å². The minimum atomic E-state index is -0.939. The Hall–Kier alpha value is -2.18. The van der Waals surface area contributed by atoms with E-state index in [9.17, 15) is 18.4 Å². The molecule has 1 heterocycles. The average Bonchev–Trinajstić information content (AvgIpc) is 2.45. The van der Waals surface area contributed by atoms with Gasteiger partial charge in [-0.15, -0.1) is 0 Å². The molecule has 2 amide bonds. The Kier molecular flexibility index (Phi) is 4.95. The molecule has 22 heavy (non-hydrogen) atoms. The van der Waals surface area contributed by atoms with Crippen molar-refractivity contribution in [1.82, 2.24) is 10.2 Å². The molecule has 120 valence electrons. The normalized spacial score (nSPS) is 16.4. The van der Waals surface area contributed by atoms with E-state index in [0.29, 0.717) is 19.2 Å². The van der Waals surface area contributed by atoms with Gasteiger partial charge in [0.05, 0.1) is 6.54 Å². The van der Waals surface area contributed by atoms with Gasteiger partial charge >= 0.3 is 0 Å². The summed E-state index contributed by atoms with van der Waals surface area (Å²) in [4.78, 5) is 25.2. The zero-order chi connectivity index (χ0) is 16.3. The molecule has 1 aromatic carbocycles. The van der Waals surface area contributed by atoms with Crippen LogP contribution < -0.4 is 10.1 Å². The quantitative estimate of drug-likeness (QED) is 0.912. The molecule has 0 radical (unpaired) electrons. The molecule has 0 saturated carbocycles. The highest BCUT2D eigenvalue weighted by Crippen LogP contribution is 2.22. The Balaban J connectivity index is 2.15. The van der Waals surface area contributed by atoms with Crippen LogP contribution in [0.5, 0.6) is 5.75 Å². The first-order chi connectivity index (χ1) is 10.4.